The fourth-order valence-electron chi connectivity index (χ4n) is 1.30. The van der Waals surface area contributed by atoms with E-state index < -0.39 is 11.4 Å². The average molecular weight is 200 g/mol. The molecule has 2 atom stereocenters. The minimum atomic E-state index is -4.06. The molecule has 72 valence electrons. The molecule has 5 heteroatoms. The maximum Gasteiger partial charge on any atom is 0.400 e. The Bertz CT molecular complexity index is 148. The molecule has 1 rings (SSSR count). The van der Waals surface area contributed by atoms with Crippen molar-refractivity contribution in [3.63, 3.8) is 0 Å². The van der Waals surface area contributed by atoms with Gasteiger partial charge in [-0.3, -0.25) is 0 Å². The van der Waals surface area contributed by atoms with Crippen LogP contribution < -0.4 is 0 Å². The van der Waals surface area contributed by atoms with Crippen LogP contribution >= 0.6 is 11.8 Å². The predicted molar refractivity (Wildman–Crippen MR) is 42.1 cm³/mol. The zero-order valence-electron chi connectivity index (χ0n) is 6.47. The first-order valence-corrected chi connectivity index (χ1v) is 4.88. The van der Waals surface area contributed by atoms with Gasteiger partial charge in [-0.05, 0) is 24.5 Å². The highest BCUT2D eigenvalue weighted by Crippen LogP contribution is 2.42. The molecule has 1 heterocycles. The molecular formula is C7H11F3OS. The predicted octanol–water partition coefficient (Wildman–Crippen LogP) is 2.05. The van der Waals surface area contributed by atoms with Crippen LogP contribution in [0.3, 0.4) is 0 Å². The van der Waals surface area contributed by atoms with Crippen LogP contribution in [0.15, 0.2) is 0 Å². The Labute approximate surface area is 73.3 Å². The van der Waals surface area contributed by atoms with E-state index in [1.165, 1.54) is 0 Å². The third kappa shape index (κ3) is 2.55. The van der Waals surface area contributed by atoms with Crippen molar-refractivity contribution >= 4 is 11.8 Å². The highest BCUT2D eigenvalue weighted by Gasteiger charge is 2.44. The smallest absolute Gasteiger partial charge is 0.396 e. The number of rotatable bonds is 2. The lowest BCUT2D eigenvalue weighted by Gasteiger charge is -2.13. The molecule has 0 radical (unpaired) electrons. The van der Waals surface area contributed by atoms with Crippen LogP contribution in [0.5, 0.6) is 0 Å². The van der Waals surface area contributed by atoms with Gasteiger partial charge < -0.3 is 5.11 Å². The molecule has 0 aromatic rings. The monoisotopic (exact) mass is 200 g/mol. The maximum atomic E-state index is 12.1. The summed E-state index contributed by atoms with van der Waals surface area (Å²) in [7, 11) is 0. The fraction of sp³-hybridized carbons (Fsp3) is 1.00. The first-order chi connectivity index (χ1) is 5.54. The number of aliphatic hydroxyl groups excluding tert-OH is 1. The Kier molecular flexibility index (Phi) is 3.29. The molecule has 1 aliphatic rings. The van der Waals surface area contributed by atoms with E-state index >= 15 is 0 Å². The zero-order valence-corrected chi connectivity index (χ0v) is 7.29. The summed E-state index contributed by atoms with van der Waals surface area (Å²) in [4.78, 5) is 0. The Hall–Kier alpha value is 0.100. The van der Waals surface area contributed by atoms with Gasteiger partial charge in [-0.25, -0.2) is 0 Å². The van der Waals surface area contributed by atoms with Crippen molar-refractivity contribution in [1.29, 1.82) is 0 Å². The molecule has 0 aromatic heterocycles. The zero-order chi connectivity index (χ0) is 9.19. The number of hydrogen-bond donors (Lipinski definition) is 1. The van der Waals surface area contributed by atoms with E-state index in [0.29, 0.717) is 12.2 Å². The third-order valence-corrected chi connectivity index (χ3v) is 3.51. The van der Waals surface area contributed by atoms with Crippen LogP contribution in [0, 0.1) is 5.92 Å². The molecule has 0 saturated carbocycles. The minimum absolute atomic E-state index is 0.00416. The molecule has 0 aromatic carbocycles. The second-order valence-corrected chi connectivity index (χ2v) is 4.21. The van der Waals surface area contributed by atoms with Crippen LogP contribution in [-0.4, -0.2) is 28.9 Å². The van der Waals surface area contributed by atoms with Gasteiger partial charge in [0.15, 0.2) is 0 Å². The summed E-state index contributed by atoms with van der Waals surface area (Å²) in [6, 6.07) is 0. The first kappa shape index (κ1) is 10.2. The van der Waals surface area contributed by atoms with Crippen LogP contribution in [0.1, 0.15) is 12.8 Å². The van der Waals surface area contributed by atoms with Crippen LogP contribution in [0.25, 0.3) is 0 Å². The number of thioether (sulfide) groups is 1. The van der Waals surface area contributed by atoms with Crippen LogP contribution in [0.4, 0.5) is 13.2 Å². The summed E-state index contributed by atoms with van der Waals surface area (Å²) in [5.74, 6) is 0.580. The van der Waals surface area contributed by atoms with Gasteiger partial charge in [-0.2, -0.15) is 13.2 Å². The highest BCUT2D eigenvalue weighted by atomic mass is 32.2. The van der Waals surface area contributed by atoms with Crippen molar-refractivity contribution < 1.29 is 18.3 Å². The standard InChI is InChI=1S/C7H11F3OS/c8-7(9,10)6-3-5(1-2-11)4-12-6/h5-6,11H,1-4H2. The van der Waals surface area contributed by atoms with E-state index in [9.17, 15) is 13.2 Å². The summed E-state index contributed by atoms with van der Waals surface area (Å²) < 4.78 is 36.3. The van der Waals surface area contributed by atoms with Gasteiger partial charge in [-0.1, -0.05) is 0 Å². The van der Waals surface area contributed by atoms with Crippen molar-refractivity contribution in [2.45, 2.75) is 24.3 Å². The van der Waals surface area contributed by atoms with E-state index in [1.54, 1.807) is 0 Å². The van der Waals surface area contributed by atoms with Crippen molar-refractivity contribution in [3.05, 3.63) is 0 Å². The summed E-state index contributed by atoms with van der Waals surface area (Å²) in [5, 5.41) is 7.33. The number of hydrogen-bond acceptors (Lipinski definition) is 2. The molecule has 0 amide bonds. The Balaban J connectivity index is 2.35. The average Bonchev–Trinajstić information content (AvgIpc) is 2.35. The van der Waals surface area contributed by atoms with Gasteiger partial charge in [0.1, 0.15) is 5.25 Å². The van der Waals surface area contributed by atoms with Gasteiger partial charge in [0.2, 0.25) is 0 Å². The highest BCUT2D eigenvalue weighted by molar-refractivity contribution is 8.00. The molecular weight excluding hydrogens is 189 g/mol. The Morgan fingerprint density at radius 1 is 1.42 bits per heavy atom. The van der Waals surface area contributed by atoms with Gasteiger partial charge in [-0.15, -0.1) is 11.8 Å². The van der Waals surface area contributed by atoms with Gasteiger partial charge in [0, 0.05) is 6.61 Å². The lowest BCUT2D eigenvalue weighted by molar-refractivity contribution is -0.130. The molecule has 1 fully saturated rings. The topological polar surface area (TPSA) is 20.2 Å². The van der Waals surface area contributed by atoms with E-state index in [2.05, 4.69) is 0 Å². The lowest BCUT2D eigenvalue weighted by atomic mass is 10.0. The van der Waals surface area contributed by atoms with E-state index in [0.717, 1.165) is 11.8 Å². The van der Waals surface area contributed by atoms with Crippen LogP contribution in [-0.2, 0) is 0 Å². The second-order valence-electron chi connectivity index (χ2n) is 2.98. The number of halogens is 3. The third-order valence-electron chi connectivity index (χ3n) is 1.98. The maximum absolute atomic E-state index is 12.1. The Morgan fingerprint density at radius 2 is 2.08 bits per heavy atom. The van der Waals surface area contributed by atoms with Crippen molar-refractivity contribution in [3.8, 4) is 0 Å². The molecule has 0 spiro atoms. The normalized spacial score (nSPS) is 31.0. The summed E-state index contributed by atoms with van der Waals surface area (Å²) in [6.45, 7) is -0.00416. The molecule has 1 aliphatic heterocycles. The summed E-state index contributed by atoms with van der Waals surface area (Å²) >= 11 is 0.961. The number of aliphatic hydroxyl groups is 1. The van der Waals surface area contributed by atoms with Gasteiger partial charge >= 0.3 is 6.18 Å². The summed E-state index contributed by atoms with van der Waals surface area (Å²) in [6.07, 6.45) is -3.39. The lowest BCUT2D eigenvalue weighted by Crippen LogP contribution is -2.23. The molecule has 12 heavy (non-hydrogen) atoms. The SMILES string of the molecule is OCCC1CSC(C(F)(F)F)C1. The van der Waals surface area contributed by atoms with Crippen molar-refractivity contribution in [1.82, 2.24) is 0 Å². The fourth-order valence-corrected chi connectivity index (χ4v) is 2.71. The van der Waals surface area contributed by atoms with E-state index in [-0.39, 0.29) is 18.9 Å². The van der Waals surface area contributed by atoms with Gasteiger partial charge in [0.25, 0.3) is 0 Å². The van der Waals surface area contributed by atoms with E-state index in [1.807, 2.05) is 0 Å². The van der Waals surface area contributed by atoms with E-state index in [4.69, 9.17) is 5.11 Å². The largest absolute Gasteiger partial charge is 0.400 e. The molecule has 0 aliphatic carbocycles. The molecule has 0 bridgehead atoms. The second kappa shape index (κ2) is 3.87. The van der Waals surface area contributed by atoms with Crippen molar-refractivity contribution in [2.75, 3.05) is 12.4 Å². The Morgan fingerprint density at radius 3 is 2.50 bits per heavy atom. The van der Waals surface area contributed by atoms with Crippen LogP contribution in [0.2, 0.25) is 0 Å². The molecule has 2 unspecified atom stereocenters. The molecule has 1 saturated heterocycles. The summed E-state index contributed by atoms with van der Waals surface area (Å²) in [5.41, 5.74) is 0. The van der Waals surface area contributed by atoms with Crippen molar-refractivity contribution in [2.24, 2.45) is 5.92 Å². The minimum Gasteiger partial charge on any atom is -0.396 e. The number of alkyl halides is 3. The first-order valence-electron chi connectivity index (χ1n) is 3.83. The quantitative estimate of drug-likeness (QED) is 0.736. The molecule has 1 N–H and O–H groups in total. The molecule has 1 nitrogen and oxygen atoms in total. The van der Waals surface area contributed by atoms with Gasteiger partial charge in [0.05, 0.1) is 0 Å².